The molecule has 0 radical (unpaired) electrons. The minimum Gasteiger partial charge on any atom is -0.493 e. The minimum absolute atomic E-state index is 0.120. The highest BCUT2D eigenvalue weighted by atomic mass is 16.5. The summed E-state index contributed by atoms with van der Waals surface area (Å²) in [7, 11) is 0. The zero-order valence-electron chi connectivity index (χ0n) is 17.9. The molecule has 0 saturated carbocycles. The molecule has 1 atom stereocenters. The van der Waals surface area contributed by atoms with Gasteiger partial charge in [0.1, 0.15) is 17.9 Å². The van der Waals surface area contributed by atoms with E-state index in [4.69, 9.17) is 15.2 Å². The summed E-state index contributed by atoms with van der Waals surface area (Å²) in [5, 5.41) is 0. The molecule has 2 aromatic rings. The zero-order chi connectivity index (χ0) is 21.1. The molecule has 5 heteroatoms. The Labute approximate surface area is 174 Å². The number of unbranched alkanes of at least 4 members (excludes halogenated alkanes) is 1. The second-order valence-corrected chi connectivity index (χ2v) is 7.12. The summed E-state index contributed by atoms with van der Waals surface area (Å²) in [6, 6.07) is 15.5. The van der Waals surface area contributed by atoms with Gasteiger partial charge in [-0.3, -0.25) is 4.90 Å². The second kappa shape index (κ2) is 12.1. The largest absolute Gasteiger partial charge is 0.493 e. The normalized spacial score (nSPS) is 12.0. The Hall–Kier alpha value is -2.53. The first-order chi connectivity index (χ1) is 14.1. The fraction of sp³-hybridized carbons (Fsp3) is 0.458. The van der Waals surface area contributed by atoms with Crippen molar-refractivity contribution in [3.8, 4) is 5.75 Å². The van der Waals surface area contributed by atoms with E-state index in [-0.39, 0.29) is 12.0 Å². The molecule has 2 rings (SSSR count). The molecule has 0 unspecified atom stereocenters. The van der Waals surface area contributed by atoms with Crippen LogP contribution in [0.5, 0.6) is 5.75 Å². The topological polar surface area (TPSA) is 64.8 Å². The molecule has 2 N–H and O–H groups in total. The van der Waals surface area contributed by atoms with E-state index in [9.17, 15) is 4.79 Å². The van der Waals surface area contributed by atoms with Crippen LogP contribution < -0.4 is 10.5 Å². The summed E-state index contributed by atoms with van der Waals surface area (Å²) in [5.41, 5.74) is 8.10. The van der Waals surface area contributed by atoms with Gasteiger partial charge in [0.05, 0.1) is 6.61 Å². The van der Waals surface area contributed by atoms with Gasteiger partial charge in [-0.25, -0.2) is 4.79 Å². The summed E-state index contributed by atoms with van der Waals surface area (Å²) < 4.78 is 11.5. The maximum absolute atomic E-state index is 12.8. The maximum atomic E-state index is 12.8. The van der Waals surface area contributed by atoms with Crippen LogP contribution in [0.1, 0.15) is 49.5 Å². The number of benzene rings is 2. The molecule has 0 aliphatic rings. The Morgan fingerprint density at radius 2 is 1.79 bits per heavy atom. The third-order valence-electron chi connectivity index (χ3n) is 5.03. The monoisotopic (exact) mass is 398 g/mol. The highest BCUT2D eigenvalue weighted by molar-refractivity contribution is 5.93. The van der Waals surface area contributed by atoms with Crippen molar-refractivity contribution < 1.29 is 14.3 Å². The van der Waals surface area contributed by atoms with E-state index in [1.165, 1.54) is 5.56 Å². The maximum Gasteiger partial charge on any atom is 0.341 e. The number of anilines is 1. The van der Waals surface area contributed by atoms with Gasteiger partial charge in [0.15, 0.2) is 0 Å². The van der Waals surface area contributed by atoms with Crippen LogP contribution in [0.2, 0.25) is 0 Å². The smallest absolute Gasteiger partial charge is 0.341 e. The number of hydrogen-bond donors (Lipinski definition) is 1. The van der Waals surface area contributed by atoms with Crippen LogP contribution >= 0.6 is 0 Å². The van der Waals surface area contributed by atoms with Crippen molar-refractivity contribution in [2.24, 2.45) is 0 Å². The van der Waals surface area contributed by atoms with Crippen molar-refractivity contribution in [2.75, 3.05) is 32.0 Å². The Balaban J connectivity index is 2.09. The Morgan fingerprint density at radius 1 is 1.07 bits per heavy atom. The van der Waals surface area contributed by atoms with Crippen LogP contribution in [0.3, 0.4) is 0 Å². The number of esters is 1. The standard InChI is InChI=1S/C24H34N2O3/c1-4-7-15-28-23-17-20(25)13-14-22(23)24(27)29-18-21(26(5-2)6-3)16-19-11-9-8-10-12-19/h8-14,17,21H,4-7,15-16,18,25H2,1-3H3/t21-/m0/s1. The number of hydrogen-bond acceptors (Lipinski definition) is 5. The first kappa shape index (κ1) is 22.8. The fourth-order valence-electron chi connectivity index (χ4n) is 3.32. The molecule has 0 aromatic heterocycles. The average molecular weight is 399 g/mol. The number of carbonyl (C=O) groups is 1. The number of likely N-dealkylation sites (N-methyl/N-ethyl adjacent to an activating group) is 1. The van der Waals surface area contributed by atoms with Gasteiger partial charge < -0.3 is 15.2 Å². The molecule has 0 aliphatic heterocycles. The van der Waals surface area contributed by atoms with E-state index in [1.807, 2.05) is 18.2 Å². The molecule has 0 aliphatic carbocycles. The predicted octanol–water partition coefficient (Wildman–Crippen LogP) is 4.56. The van der Waals surface area contributed by atoms with Gasteiger partial charge in [0.25, 0.3) is 0 Å². The van der Waals surface area contributed by atoms with Crippen LogP contribution in [0, 0.1) is 0 Å². The van der Waals surface area contributed by atoms with E-state index in [0.29, 0.717) is 30.2 Å². The average Bonchev–Trinajstić information content (AvgIpc) is 2.73. The number of nitrogen functional groups attached to an aromatic ring is 1. The minimum atomic E-state index is -0.373. The molecule has 29 heavy (non-hydrogen) atoms. The predicted molar refractivity (Wildman–Crippen MR) is 118 cm³/mol. The first-order valence-electron chi connectivity index (χ1n) is 10.6. The van der Waals surface area contributed by atoms with Crippen molar-refractivity contribution in [1.82, 2.24) is 4.90 Å². The highest BCUT2D eigenvalue weighted by Crippen LogP contribution is 2.23. The number of carbonyl (C=O) groups excluding carboxylic acids is 1. The van der Waals surface area contributed by atoms with E-state index in [1.54, 1.807) is 18.2 Å². The van der Waals surface area contributed by atoms with Gasteiger partial charge >= 0.3 is 5.97 Å². The van der Waals surface area contributed by atoms with Crippen molar-refractivity contribution >= 4 is 11.7 Å². The highest BCUT2D eigenvalue weighted by Gasteiger charge is 2.21. The number of nitrogens with zero attached hydrogens (tertiary/aromatic N) is 1. The third-order valence-corrected chi connectivity index (χ3v) is 5.03. The molecule has 0 amide bonds. The van der Waals surface area contributed by atoms with Crippen LogP contribution in [0.15, 0.2) is 48.5 Å². The Bertz CT molecular complexity index is 745. The van der Waals surface area contributed by atoms with Crippen LogP contribution in [0.25, 0.3) is 0 Å². The summed E-state index contributed by atoms with van der Waals surface area (Å²) in [4.78, 5) is 15.1. The second-order valence-electron chi connectivity index (χ2n) is 7.12. The van der Waals surface area contributed by atoms with Crippen molar-refractivity contribution in [2.45, 2.75) is 46.1 Å². The van der Waals surface area contributed by atoms with E-state index >= 15 is 0 Å². The number of rotatable bonds is 12. The van der Waals surface area contributed by atoms with Gasteiger partial charge in [0, 0.05) is 17.8 Å². The summed E-state index contributed by atoms with van der Waals surface area (Å²) >= 11 is 0. The van der Waals surface area contributed by atoms with E-state index < -0.39 is 0 Å². The molecule has 0 saturated heterocycles. The summed E-state index contributed by atoms with van der Waals surface area (Å²) in [6.45, 7) is 9.03. The SMILES string of the molecule is CCCCOc1cc(N)ccc1C(=O)OC[C@H](Cc1ccccc1)N(CC)CC. The van der Waals surface area contributed by atoms with Crippen LogP contribution in [-0.4, -0.2) is 43.2 Å². The number of nitrogens with two attached hydrogens (primary N) is 1. The molecule has 158 valence electrons. The zero-order valence-corrected chi connectivity index (χ0v) is 17.9. The van der Waals surface area contributed by atoms with Gasteiger partial charge in [-0.05, 0) is 43.6 Å². The van der Waals surface area contributed by atoms with Gasteiger partial charge in [0.2, 0.25) is 0 Å². The van der Waals surface area contributed by atoms with Gasteiger partial charge in [-0.2, -0.15) is 0 Å². The van der Waals surface area contributed by atoms with Gasteiger partial charge in [-0.15, -0.1) is 0 Å². The lowest BCUT2D eigenvalue weighted by Gasteiger charge is -2.29. The first-order valence-corrected chi connectivity index (χ1v) is 10.6. The molecule has 0 spiro atoms. The molecule has 2 aromatic carbocycles. The van der Waals surface area contributed by atoms with E-state index in [2.05, 4.69) is 37.8 Å². The summed E-state index contributed by atoms with van der Waals surface area (Å²) in [6.07, 6.45) is 2.77. The van der Waals surface area contributed by atoms with Crippen molar-refractivity contribution in [1.29, 1.82) is 0 Å². The quantitative estimate of drug-likeness (QED) is 0.323. The lowest BCUT2D eigenvalue weighted by molar-refractivity contribution is 0.0356. The Kier molecular flexibility index (Phi) is 9.51. The van der Waals surface area contributed by atoms with Crippen LogP contribution in [0.4, 0.5) is 5.69 Å². The van der Waals surface area contributed by atoms with Crippen LogP contribution in [-0.2, 0) is 11.2 Å². The molecule has 5 nitrogen and oxygen atoms in total. The van der Waals surface area contributed by atoms with E-state index in [0.717, 1.165) is 32.4 Å². The summed E-state index contributed by atoms with van der Waals surface area (Å²) in [5.74, 6) is 0.118. The number of ether oxygens (including phenoxy) is 2. The van der Waals surface area contributed by atoms with Gasteiger partial charge in [-0.1, -0.05) is 57.5 Å². The molecule has 0 bridgehead atoms. The fourth-order valence-corrected chi connectivity index (χ4v) is 3.32. The lowest BCUT2D eigenvalue weighted by Crippen LogP contribution is -2.40. The Morgan fingerprint density at radius 3 is 2.45 bits per heavy atom. The molecular weight excluding hydrogens is 364 g/mol. The van der Waals surface area contributed by atoms with Crippen molar-refractivity contribution in [3.63, 3.8) is 0 Å². The molecule has 0 heterocycles. The lowest BCUT2D eigenvalue weighted by atomic mass is 10.1. The third kappa shape index (κ3) is 7.09. The van der Waals surface area contributed by atoms with Crippen molar-refractivity contribution in [3.05, 3.63) is 59.7 Å². The molecular formula is C24H34N2O3. The molecule has 0 fully saturated rings.